The highest BCUT2D eigenvalue weighted by Gasteiger charge is 2.04. The van der Waals surface area contributed by atoms with Crippen LogP contribution >= 0.6 is 15.9 Å². The van der Waals surface area contributed by atoms with E-state index in [9.17, 15) is 4.79 Å². The van der Waals surface area contributed by atoms with Gasteiger partial charge in [0.25, 0.3) is 0 Å². The van der Waals surface area contributed by atoms with E-state index in [1.807, 2.05) is 18.2 Å². The van der Waals surface area contributed by atoms with Gasteiger partial charge in [0, 0.05) is 17.1 Å². The predicted molar refractivity (Wildman–Crippen MR) is 81.4 cm³/mol. The number of rotatable bonds is 5. The molecule has 0 fully saturated rings. The van der Waals surface area contributed by atoms with Crippen LogP contribution in [-0.4, -0.2) is 18.2 Å². The fourth-order valence-corrected chi connectivity index (χ4v) is 2.12. The van der Waals surface area contributed by atoms with Gasteiger partial charge in [-0.1, -0.05) is 12.1 Å². The number of hydrogen-bond acceptors (Lipinski definition) is 3. The molecule has 2 aromatic rings. The highest BCUT2D eigenvalue weighted by molar-refractivity contribution is 9.10. The van der Waals surface area contributed by atoms with E-state index in [2.05, 4.69) is 21.2 Å². The summed E-state index contributed by atoms with van der Waals surface area (Å²) in [5, 5.41) is 12.1. The van der Waals surface area contributed by atoms with Gasteiger partial charge in [0.05, 0.1) is 18.4 Å². The molecule has 0 heterocycles. The zero-order valence-corrected chi connectivity index (χ0v) is 12.5. The van der Waals surface area contributed by atoms with Gasteiger partial charge in [-0.3, -0.25) is 0 Å². The number of methoxy groups -OCH3 is 1. The van der Waals surface area contributed by atoms with E-state index >= 15 is 0 Å². The number of halogens is 1. The summed E-state index contributed by atoms with van der Waals surface area (Å²) in [6, 6.07) is 12.5. The molecule has 0 aliphatic carbocycles. The molecule has 0 atom stereocenters. The highest BCUT2D eigenvalue weighted by atomic mass is 79.9. The molecule has 20 heavy (non-hydrogen) atoms. The normalized spacial score (nSPS) is 10.1. The summed E-state index contributed by atoms with van der Waals surface area (Å²) in [6.07, 6.45) is 0. The Hall–Kier alpha value is -2.01. The monoisotopic (exact) mass is 335 g/mol. The van der Waals surface area contributed by atoms with Crippen LogP contribution in [0.2, 0.25) is 0 Å². The number of carbonyl (C=O) groups is 1. The Morgan fingerprint density at radius 2 is 1.95 bits per heavy atom. The van der Waals surface area contributed by atoms with Gasteiger partial charge in [-0.25, -0.2) is 4.79 Å². The van der Waals surface area contributed by atoms with Crippen LogP contribution in [0.1, 0.15) is 15.9 Å². The van der Waals surface area contributed by atoms with Crippen molar-refractivity contribution in [3.63, 3.8) is 0 Å². The lowest BCUT2D eigenvalue weighted by Gasteiger charge is -2.10. The van der Waals surface area contributed by atoms with Gasteiger partial charge in [-0.2, -0.15) is 0 Å². The molecule has 104 valence electrons. The summed E-state index contributed by atoms with van der Waals surface area (Å²) in [4.78, 5) is 10.8. The van der Waals surface area contributed by atoms with E-state index < -0.39 is 5.97 Å². The van der Waals surface area contributed by atoms with Gasteiger partial charge in [0.15, 0.2) is 0 Å². The van der Waals surface area contributed by atoms with Crippen molar-refractivity contribution in [3.8, 4) is 5.75 Å². The Balaban J connectivity index is 2.06. The third-order valence-corrected chi connectivity index (χ3v) is 3.55. The Morgan fingerprint density at radius 3 is 2.55 bits per heavy atom. The topological polar surface area (TPSA) is 58.6 Å². The molecule has 0 bridgehead atoms. The minimum Gasteiger partial charge on any atom is -0.497 e. The Kier molecular flexibility index (Phi) is 4.63. The molecule has 0 saturated heterocycles. The largest absolute Gasteiger partial charge is 0.497 e. The van der Waals surface area contributed by atoms with Gasteiger partial charge in [-0.15, -0.1) is 0 Å². The van der Waals surface area contributed by atoms with Crippen LogP contribution in [0.15, 0.2) is 46.9 Å². The number of nitrogens with one attached hydrogen (secondary N) is 1. The number of ether oxygens (including phenoxy) is 1. The first-order valence-electron chi connectivity index (χ1n) is 6.00. The van der Waals surface area contributed by atoms with Crippen LogP contribution in [0.3, 0.4) is 0 Å². The average molecular weight is 336 g/mol. The van der Waals surface area contributed by atoms with E-state index in [0.29, 0.717) is 6.54 Å². The van der Waals surface area contributed by atoms with Gasteiger partial charge < -0.3 is 15.2 Å². The minimum absolute atomic E-state index is 0.288. The fourth-order valence-electron chi connectivity index (χ4n) is 1.73. The standard InChI is InChI=1S/C15H14BrNO3/c1-20-12-6-7-13(16)14(8-12)17-9-10-2-4-11(5-3-10)15(18)19/h2-8,17H,9H2,1H3,(H,18,19). The number of aromatic carboxylic acids is 1. The van der Waals surface area contributed by atoms with Crippen molar-refractivity contribution in [2.75, 3.05) is 12.4 Å². The van der Waals surface area contributed by atoms with Gasteiger partial charge in [-0.05, 0) is 45.8 Å². The fraction of sp³-hybridized carbons (Fsp3) is 0.133. The van der Waals surface area contributed by atoms with E-state index in [-0.39, 0.29) is 5.56 Å². The highest BCUT2D eigenvalue weighted by Crippen LogP contribution is 2.27. The lowest BCUT2D eigenvalue weighted by molar-refractivity contribution is 0.0697. The molecule has 0 unspecified atom stereocenters. The molecule has 5 heteroatoms. The third-order valence-electron chi connectivity index (χ3n) is 2.86. The van der Waals surface area contributed by atoms with Gasteiger partial charge in [0.1, 0.15) is 5.75 Å². The molecular formula is C15H14BrNO3. The van der Waals surface area contributed by atoms with Crippen LogP contribution in [0.4, 0.5) is 5.69 Å². The molecule has 2 N–H and O–H groups in total. The Labute approximate surface area is 125 Å². The lowest BCUT2D eigenvalue weighted by Crippen LogP contribution is -2.02. The van der Waals surface area contributed by atoms with Crippen molar-refractivity contribution in [3.05, 3.63) is 58.1 Å². The Bertz CT molecular complexity index is 611. The smallest absolute Gasteiger partial charge is 0.335 e. The number of hydrogen-bond donors (Lipinski definition) is 2. The Morgan fingerprint density at radius 1 is 1.25 bits per heavy atom. The zero-order chi connectivity index (χ0) is 14.5. The summed E-state index contributed by atoms with van der Waals surface area (Å²) in [5.41, 5.74) is 2.22. The molecule has 0 aliphatic heterocycles. The quantitative estimate of drug-likeness (QED) is 0.873. The van der Waals surface area contributed by atoms with Gasteiger partial charge >= 0.3 is 5.97 Å². The SMILES string of the molecule is COc1ccc(Br)c(NCc2ccc(C(=O)O)cc2)c1. The number of benzene rings is 2. The van der Waals surface area contributed by atoms with Crippen LogP contribution < -0.4 is 10.1 Å². The lowest BCUT2D eigenvalue weighted by atomic mass is 10.1. The van der Waals surface area contributed by atoms with E-state index in [0.717, 1.165) is 21.5 Å². The van der Waals surface area contributed by atoms with E-state index in [1.165, 1.54) is 0 Å². The summed E-state index contributed by atoms with van der Waals surface area (Å²) in [5.74, 6) is -0.142. The minimum atomic E-state index is -0.917. The first-order valence-corrected chi connectivity index (χ1v) is 6.79. The van der Waals surface area contributed by atoms with Crippen molar-refractivity contribution in [2.24, 2.45) is 0 Å². The molecule has 0 amide bonds. The van der Waals surface area contributed by atoms with Crippen molar-refractivity contribution >= 4 is 27.6 Å². The predicted octanol–water partition coefficient (Wildman–Crippen LogP) is 3.77. The molecule has 2 rings (SSSR count). The van der Waals surface area contributed by atoms with Crippen LogP contribution in [0.5, 0.6) is 5.75 Å². The maximum atomic E-state index is 10.8. The van der Waals surface area contributed by atoms with Crippen molar-refractivity contribution in [1.29, 1.82) is 0 Å². The van der Waals surface area contributed by atoms with E-state index in [1.54, 1.807) is 31.4 Å². The maximum absolute atomic E-state index is 10.8. The second-order valence-corrected chi connectivity index (χ2v) is 5.06. The molecule has 0 aliphatic rings. The average Bonchev–Trinajstić information content (AvgIpc) is 2.47. The second kappa shape index (κ2) is 6.43. The van der Waals surface area contributed by atoms with Crippen molar-refractivity contribution in [2.45, 2.75) is 6.54 Å². The summed E-state index contributed by atoms with van der Waals surface area (Å²) < 4.78 is 6.12. The van der Waals surface area contributed by atoms with Crippen LogP contribution in [-0.2, 0) is 6.54 Å². The molecule has 0 spiro atoms. The summed E-state index contributed by atoms with van der Waals surface area (Å²) in [6.45, 7) is 0.603. The van der Waals surface area contributed by atoms with Crippen LogP contribution in [0.25, 0.3) is 0 Å². The second-order valence-electron chi connectivity index (χ2n) is 4.20. The first kappa shape index (κ1) is 14.4. The third kappa shape index (κ3) is 3.51. The number of anilines is 1. The van der Waals surface area contributed by atoms with Gasteiger partial charge in [0.2, 0.25) is 0 Å². The van der Waals surface area contributed by atoms with Crippen LogP contribution in [0, 0.1) is 0 Å². The summed E-state index contributed by atoms with van der Waals surface area (Å²) >= 11 is 3.47. The van der Waals surface area contributed by atoms with Crippen molar-refractivity contribution in [1.82, 2.24) is 0 Å². The molecule has 0 aromatic heterocycles. The molecule has 2 aromatic carbocycles. The number of carboxylic acid groups (broad SMARTS) is 1. The maximum Gasteiger partial charge on any atom is 0.335 e. The van der Waals surface area contributed by atoms with E-state index in [4.69, 9.17) is 9.84 Å². The first-order chi connectivity index (χ1) is 9.60. The zero-order valence-electron chi connectivity index (χ0n) is 10.9. The molecule has 0 radical (unpaired) electrons. The summed E-state index contributed by atoms with van der Waals surface area (Å²) in [7, 11) is 1.62. The van der Waals surface area contributed by atoms with Crippen molar-refractivity contribution < 1.29 is 14.6 Å². The number of carboxylic acids is 1. The molecule has 0 saturated carbocycles. The molecule has 4 nitrogen and oxygen atoms in total. The molecular weight excluding hydrogens is 322 g/mol.